The number of ether oxygens (including phenoxy) is 1. The number of nitrogens with zero attached hydrogens (tertiary/aromatic N) is 3. The van der Waals surface area contributed by atoms with Gasteiger partial charge in [-0.05, 0) is 38.3 Å². The van der Waals surface area contributed by atoms with Gasteiger partial charge in [0.15, 0.2) is 5.96 Å². The van der Waals surface area contributed by atoms with Crippen LogP contribution in [0.2, 0.25) is 0 Å². The lowest BCUT2D eigenvalue weighted by molar-refractivity contribution is 0.157. The van der Waals surface area contributed by atoms with E-state index in [1.807, 2.05) is 24.4 Å². The summed E-state index contributed by atoms with van der Waals surface area (Å²) in [6.45, 7) is 7.78. The van der Waals surface area contributed by atoms with Crippen molar-refractivity contribution in [1.29, 1.82) is 0 Å². The second-order valence-electron chi connectivity index (χ2n) is 6.14. The van der Waals surface area contributed by atoms with Gasteiger partial charge in [-0.2, -0.15) is 0 Å². The fraction of sp³-hybridized carbons (Fsp3) is 0.667. The average molecular weight is 333 g/mol. The number of methoxy groups -OCH3 is 1. The molecule has 1 saturated heterocycles. The molecule has 0 aliphatic carbocycles. The summed E-state index contributed by atoms with van der Waals surface area (Å²) in [7, 11) is 1.78. The van der Waals surface area contributed by atoms with Crippen molar-refractivity contribution >= 4 is 11.8 Å². The molecule has 6 nitrogen and oxygen atoms in total. The lowest BCUT2D eigenvalue weighted by atomic mass is 10.1. The van der Waals surface area contributed by atoms with E-state index in [4.69, 9.17) is 9.73 Å². The quantitative estimate of drug-likeness (QED) is 0.412. The maximum absolute atomic E-state index is 5.28. The van der Waals surface area contributed by atoms with Crippen LogP contribution in [0.5, 0.6) is 0 Å². The van der Waals surface area contributed by atoms with Crippen molar-refractivity contribution in [2.24, 2.45) is 10.9 Å². The zero-order valence-electron chi connectivity index (χ0n) is 15.0. The molecule has 0 aromatic carbocycles. The Morgan fingerprint density at radius 2 is 2.33 bits per heavy atom. The number of hydrogen-bond donors (Lipinski definition) is 2. The maximum Gasteiger partial charge on any atom is 0.193 e. The molecule has 1 unspecified atom stereocenters. The van der Waals surface area contributed by atoms with E-state index in [2.05, 4.69) is 27.4 Å². The van der Waals surface area contributed by atoms with Gasteiger partial charge in [0, 0.05) is 51.9 Å². The molecule has 1 aromatic heterocycles. The summed E-state index contributed by atoms with van der Waals surface area (Å²) >= 11 is 0. The summed E-state index contributed by atoms with van der Waals surface area (Å²) in [6.07, 6.45) is 5.16. The molecule has 1 aliphatic heterocycles. The van der Waals surface area contributed by atoms with Crippen molar-refractivity contribution in [3.8, 4) is 0 Å². The van der Waals surface area contributed by atoms with Gasteiger partial charge in [0.25, 0.3) is 0 Å². The van der Waals surface area contributed by atoms with Gasteiger partial charge in [-0.1, -0.05) is 6.07 Å². The summed E-state index contributed by atoms with van der Waals surface area (Å²) in [5.41, 5.74) is 0. The lowest BCUT2D eigenvalue weighted by Crippen LogP contribution is -2.40. The van der Waals surface area contributed by atoms with Crippen molar-refractivity contribution in [3.05, 3.63) is 24.4 Å². The van der Waals surface area contributed by atoms with Gasteiger partial charge in [0.1, 0.15) is 5.82 Å². The third-order valence-corrected chi connectivity index (χ3v) is 4.14. The third kappa shape index (κ3) is 6.35. The largest absolute Gasteiger partial charge is 0.384 e. The first kappa shape index (κ1) is 18.5. The highest BCUT2D eigenvalue weighted by atomic mass is 16.5. The van der Waals surface area contributed by atoms with Crippen LogP contribution in [-0.2, 0) is 4.74 Å². The molecule has 0 saturated carbocycles. The minimum atomic E-state index is 0.626. The minimum absolute atomic E-state index is 0.626. The number of aromatic nitrogens is 1. The normalized spacial score (nSPS) is 18.0. The summed E-state index contributed by atoms with van der Waals surface area (Å²) in [5.74, 6) is 2.62. The zero-order chi connectivity index (χ0) is 17.0. The zero-order valence-corrected chi connectivity index (χ0v) is 15.0. The first-order valence-corrected chi connectivity index (χ1v) is 9.00. The van der Waals surface area contributed by atoms with Crippen LogP contribution in [-0.4, -0.2) is 62.3 Å². The smallest absolute Gasteiger partial charge is 0.193 e. The van der Waals surface area contributed by atoms with Crippen LogP contribution >= 0.6 is 0 Å². The van der Waals surface area contributed by atoms with E-state index in [0.717, 1.165) is 63.9 Å². The number of likely N-dealkylation sites (tertiary alicyclic amines) is 1. The first-order valence-electron chi connectivity index (χ1n) is 9.00. The van der Waals surface area contributed by atoms with Crippen LogP contribution < -0.4 is 10.6 Å². The van der Waals surface area contributed by atoms with E-state index in [0.29, 0.717) is 5.92 Å². The highest BCUT2D eigenvalue weighted by molar-refractivity contribution is 5.80. The van der Waals surface area contributed by atoms with Crippen molar-refractivity contribution in [3.63, 3.8) is 0 Å². The molecule has 6 heteroatoms. The number of nitrogens with one attached hydrogen (secondary N) is 2. The van der Waals surface area contributed by atoms with Gasteiger partial charge in [0.2, 0.25) is 0 Å². The number of aliphatic imine (C=N–C) groups is 1. The van der Waals surface area contributed by atoms with Gasteiger partial charge < -0.3 is 20.3 Å². The number of unbranched alkanes of at least 4 members (excludes halogenated alkanes) is 1. The molecule has 2 N–H and O–H groups in total. The van der Waals surface area contributed by atoms with E-state index in [1.54, 1.807) is 7.11 Å². The monoisotopic (exact) mass is 333 g/mol. The topological polar surface area (TPSA) is 61.8 Å². The second-order valence-corrected chi connectivity index (χ2v) is 6.14. The molecule has 2 heterocycles. The van der Waals surface area contributed by atoms with Crippen LogP contribution in [0.15, 0.2) is 29.4 Å². The molecule has 0 amide bonds. The highest BCUT2D eigenvalue weighted by Gasteiger charge is 2.24. The second kappa shape index (κ2) is 10.9. The molecule has 0 spiro atoms. The predicted octanol–water partition coefficient (Wildman–Crippen LogP) is 2.21. The molecule has 134 valence electrons. The van der Waals surface area contributed by atoms with Crippen LogP contribution in [0.4, 0.5) is 5.82 Å². The number of pyridine rings is 1. The molecule has 0 radical (unpaired) electrons. The Bertz CT molecular complexity index is 480. The van der Waals surface area contributed by atoms with Crippen molar-refractivity contribution in [1.82, 2.24) is 15.2 Å². The molecule has 1 aromatic rings. The summed E-state index contributed by atoms with van der Waals surface area (Å²) < 4.78 is 5.28. The molecule has 1 atom stereocenters. The molecule has 1 fully saturated rings. The van der Waals surface area contributed by atoms with Crippen LogP contribution in [0.25, 0.3) is 0 Å². The van der Waals surface area contributed by atoms with E-state index in [1.165, 1.54) is 6.42 Å². The van der Waals surface area contributed by atoms with Crippen molar-refractivity contribution in [2.75, 3.05) is 51.8 Å². The maximum atomic E-state index is 5.28. The Hall–Kier alpha value is -1.82. The molecule has 1 aliphatic rings. The fourth-order valence-electron chi connectivity index (χ4n) is 2.93. The van der Waals surface area contributed by atoms with E-state index >= 15 is 0 Å². The summed E-state index contributed by atoms with van der Waals surface area (Å²) in [5, 5.41) is 6.75. The Morgan fingerprint density at radius 1 is 1.42 bits per heavy atom. The molecular formula is C18H31N5O. The average Bonchev–Trinajstić information content (AvgIpc) is 3.07. The fourth-order valence-corrected chi connectivity index (χ4v) is 2.93. The standard InChI is InChI=1S/C18H31N5O/c1-3-19-18(23-13-9-16(14-23)15-24-2)22-12-7-6-11-21-17-8-4-5-10-20-17/h4-5,8,10,16H,3,6-7,9,11-15H2,1-2H3,(H,19,22)(H,20,21). The Labute approximate surface area is 145 Å². The van der Waals surface area contributed by atoms with Crippen molar-refractivity contribution < 1.29 is 4.74 Å². The van der Waals surface area contributed by atoms with Gasteiger partial charge in [-0.3, -0.25) is 4.99 Å². The van der Waals surface area contributed by atoms with Crippen molar-refractivity contribution in [2.45, 2.75) is 26.2 Å². The number of guanidine groups is 1. The van der Waals surface area contributed by atoms with E-state index < -0.39 is 0 Å². The van der Waals surface area contributed by atoms with E-state index in [-0.39, 0.29) is 0 Å². The molecule has 24 heavy (non-hydrogen) atoms. The minimum Gasteiger partial charge on any atom is -0.384 e. The molecule has 2 rings (SSSR count). The summed E-state index contributed by atoms with van der Waals surface area (Å²) in [4.78, 5) is 11.4. The SMILES string of the molecule is CCNC(=NCCCCNc1ccccn1)N1CCC(COC)C1. The van der Waals surface area contributed by atoms with Gasteiger partial charge in [-0.25, -0.2) is 4.98 Å². The van der Waals surface area contributed by atoms with Crippen LogP contribution in [0.3, 0.4) is 0 Å². The highest BCUT2D eigenvalue weighted by Crippen LogP contribution is 2.16. The number of rotatable bonds is 9. The molecule has 0 bridgehead atoms. The Balaban J connectivity index is 1.67. The van der Waals surface area contributed by atoms with Gasteiger partial charge in [-0.15, -0.1) is 0 Å². The lowest BCUT2D eigenvalue weighted by Gasteiger charge is -2.21. The Morgan fingerprint density at radius 3 is 3.08 bits per heavy atom. The predicted molar refractivity (Wildman–Crippen MR) is 99.5 cm³/mol. The van der Waals surface area contributed by atoms with Crippen LogP contribution in [0.1, 0.15) is 26.2 Å². The number of hydrogen-bond acceptors (Lipinski definition) is 4. The molecular weight excluding hydrogens is 302 g/mol. The Kier molecular flexibility index (Phi) is 8.38. The number of anilines is 1. The van der Waals surface area contributed by atoms with Crippen LogP contribution in [0, 0.1) is 5.92 Å². The van der Waals surface area contributed by atoms with Gasteiger partial charge in [0.05, 0.1) is 6.61 Å². The van der Waals surface area contributed by atoms with E-state index in [9.17, 15) is 0 Å². The first-order chi connectivity index (χ1) is 11.8. The third-order valence-electron chi connectivity index (χ3n) is 4.14. The summed E-state index contributed by atoms with van der Waals surface area (Å²) in [6, 6.07) is 5.91. The van der Waals surface area contributed by atoms with Gasteiger partial charge >= 0.3 is 0 Å².